The minimum Gasteiger partial charge on any atom is -0.457 e. The van der Waals surface area contributed by atoms with Gasteiger partial charge in [0.05, 0.1) is 18.1 Å². The number of rotatable bonds is 3. The Morgan fingerprint density at radius 3 is 2.88 bits per heavy atom. The summed E-state index contributed by atoms with van der Waals surface area (Å²) in [6.07, 6.45) is 1.55. The van der Waals surface area contributed by atoms with Crippen LogP contribution in [0.5, 0.6) is 0 Å². The highest BCUT2D eigenvalue weighted by Gasteiger charge is 2.45. The summed E-state index contributed by atoms with van der Waals surface area (Å²) in [6, 6.07) is 0. The average Bonchev–Trinajstić information content (AvgIpc) is 2.82. The van der Waals surface area contributed by atoms with Crippen molar-refractivity contribution in [3.05, 3.63) is 0 Å². The smallest absolute Gasteiger partial charge is 0.311 e. The summed E-state index contributed by atoms with van der Waals surface area (Å²) in [4.78, 5) is 11.9. The first-order valence-corrected chi connectivity index (χ1v) is 5.99. The van der Waals surface area contributed by atoms with Crippen LogP contribution >= 0.6 is 0 Å². The number of hydrogen-bond acceptors (Lipinski definition) is 4. The second kappa shape index (κ2) is 4.34. The molecule has 2 fully saturated rings. The molecule has 4 heteroatoms. The molecule has 0 spiro atoms. The minimum atomic E-state index is -0.420. The van der Waals surface area contributed by atoms with Crippen LogP contribution in [0.3, 0.4) is 0 Å². The summed E-state index contributed by atoms with van der Waals surface area (Å²) < 4.78 is 16.6. The van der Waals surface area contributed by atoms with E-state index in [-0.39, 0.29) is 24.3 Å². The predicted octanol–water partition coefficient (Wildman–Crippen LogP) is 1.52. The highest BCUT2D eigenvalue weighted by molar-refractivity contribution is 5.76. The van der Waals surface area contributed by atoms with E-state index in [2.05, 4.69) is 0 Å². The number of ether oxygens (including phenoxy) is 3. The third kappa shape index (κ3) is 2.09. The topological polar surface area (TPSA) is 44.8 Å². The molecule has 0 bridgehead atoms. The molecule has 0 amide bonds. The maximum absolute atomic E-state index is 11.9. The van der Waals surface area contributed by atoms with E-state index in [1.807, 2.05) is 20.8 Å². The number of hydrogen-bond donors (Lipinski definition) is 0. The molecule has 3 atom stereocenters. The summed E-state index contributed by atoms with van der Waals surface area (Å²) in [6.45, 7) is 6.97. The molecule has 0 saturated carbocycles. The minimum absolute atomic E-state index is 0.0448. The molecule has 2 rings (SSSR count). The van der Waals surface area contributed by atoms with Crippen LogP contribution in [0.4, 0.5) is 0 Å². The Labute approximate surface area is 96.2 Å². The molecule has 2 aliphatic heterocycles. The van der Waals surface area contributed by atoms with E-state index in [9.17, 15) is 4.79 Å². The van der Waals surface area contributed by atoms with Crippen molar-refractivity contribution in [2.24, 2.45) is 5.41 Å². The molecule has 2 aliphatic rings. The Balaban J connectivity index is 1.93. The number of fused-ring (bicyclic) bond motifs is 1. The lowest BCUT2D eigenvalue weighted by Crippen LogP contribution is -2.36. The summed E-state index contributed by atoms with van der Waals surface area (Å²) in [5.41, 5.74) is -0.420. The predicted molar refractivity (Wildman–Crippen MR) is 58.0 cm³/mol. The van der Waals surface area contributed by atoms with Gasteiger partial charge in [0, 0.05) is 6.61 Å². The van der Waals surface area contributed by atoms with Gasteiger partial charge in [-0.3, -0.25) is 4.79 Å². The first-order chi connectivity index (χ1) is 7.54. The Morgan fingerprint density at radius 1 is 1.44 bits per heavy atom. The zero-order valence-electron chi connectivity index (χ0n) is 10.2. The fourth-order valence-corrected chi connectivity index (χ4v) is 1.97. The van der Waals surface area contributed by atoms with Crippen LogP contribution in [-0.2, 0) is 19.0 Å². The Morgan fingerprint density at radius 2 is 2.19 bits per heavy atom. The van der Waals surface area contributed by atoms with E-state index in [4.69, 9.17) is 14.2 Å². The molecule has 0 aromatic heterocycles. The van der Waals surface area contributed by atoms with Crippen molar-refractivity contribution in [3.63, 3.8) is 0 Å². The van der Waals surface area contributed by atoms with Crippen molar-refractivity contribution in [1.82, 2.24) is 0 Å². The van der Waals surface area contributed by atoms with Crippen molar-refractivity contribution < 1.29 is 19.0 Å². The van der Waals surface area contributed by atoms with E-state index in [1.165, 1.54) is 0 Å². The molecule has 0 radical (unpaired) electrons. The van der Waals surface area contributed by atoms with Gasteiger partial charge in [-0.1, -0.05) is 6.92 Å². The van der Waals surface area contributed by atoms with Crippen molar-refractivity contribution >= 4 is 5.97 Å². The van der Waals surface area contributed by atoms with Crippen molar-refractivity contribution in [2.75, 3.05) is 13.2 Å². The zero-order valence-corrected chi connectivity index (χ0v) is 10.2. The van der Waals surface area contributed by atoms with Crippen LogP contribution in [0.15, 0.2) is 0 Å². The molecule has 2 heterocycles. The average molecular weight is 228 g/mol. The molecule has 92 valence electrons. The van der Waals surface area contributed by atoms with E-state index in [1.54, 1.807) is 0 Å². The summed E-state index contributed by atoms with van der Waals surface area (Å²) in [5.74, 6) is -0.153. The van der Waals surface area contributed by atoms with Gasteiger partial charge in [-0.25, -0.2) is 0 Å². The van der Waals surface area contributed by atoms with E-state index >= 15 is 0 Å². The third-order valence-electron chi connectivity index (χ3n) is 3.61. The van der Waals surface area contributed by atoms with Crippen molar-refractivity contribution in [1.29, 1.82) is 0 Å². The van der Waals surface area contributed by atoms with Gasteiger partial charge in [0.15, 0.2) is 6.10 Å². The maximum atomic E-state index is 11.9. The van der Waals surface area contributed by atoms with E-state index in [0.717, 1.165) is 12.8 Å². The first kappa shape index (κ1) is 11.9. The van der Waals surface area contributed by atoms with Crippen LogP contribution in [0, 0.1) is 5.41 Å². The fourth-order valence-electron chi connectivity index (χ4n) is 1.97. The van der Waals surface area contributed by atoms with E-state index < -0.39 is 5.41 Å². The Bertz CT molecular complexity index is 274. The van der Waals surface area contributed by atoms with Gasteiger partial charge >= 0.3 is 5.97 Å². The quantitative estimate of drug-likeness (QED) is 0.687. The summed E-state index contributed by atoms with van der Waals surface area (Å²) in [7, 11) is 0. The lowest BCUT2D eigenvalue weighted by atomic mass is 9.90. The third-order valence-corrected chi connectivity index (χ3v) is 3.61. The highest BCUT2D eigenvalue weighted by atomic mass is 16.6. The lowest BCUT2D eigenvalue weighted by Gasteiger charge is -2.24. The van der Waals surface area contributed by atoms with E-state index in [0.29, 0.717) is 13.2 Å². The standard InChI is InChI=1S/C12H20O4/c1-4-12(2,3)11(13)16-9-7-15-8-5-6-14-10(8)9/h8-10H,4-7H2,1-3H3. The number of carbonyl (C=O) groups is 1. The van der Waals surface area contributed by atoms with Crippen LogP contribution in [0.25, 0.3) is 0 Å². The molecule has 2 saturated heterocycles. The van der Waals surface area contributed by atoms with Crippen LogP contribution in [0.2, 0.25) is 0 Å². The highest BCUT2D eigenvalue weighted by Crippen LogP contribution is 2.30. The largest absolute Gasteiger partial charge is 0.457 e. The zero-order chi connectivity index (χ0) is 11.8. The monoisotopic (exact) mass is 228 g/mol. The second-order valence-corrected chi connectivity index (χ2v) is 5.18. The lowest BCUT2D eigenvalue weighted by molar-refractivity contribution is -0.164. The molecule has 0 aliphatic carbocycles. The molecule has 0 aromatic rings. The number of carbonyl (C=O) groups excluding carboxylic acids is 1. The van der Waals surface area contributed by atoms with Crippen LogP contribution in [0.1, 0.15) is 33.6 Å². The fraction of sp³-hybridized carbons (Fsp3) is 0.917. The van der Waals surface area contributed by atoms with Gasteiger partial charge in [0.1, 0.15) is 6.10 Å². The van der Waals surface area contributed by atoms with Crippen LogP contribution in [-0.4, -0.2) is 37.5 Å². The molecule has 16 heavy (non-hydrogen) atoms. The van der Waals surface area contributed by atoms with Gasteiger partial charge in [-0.05, 0) is 26.7 Å². The molecule has 0 aromatic carbocycles. The van der Waals surface area contributed by atoms with Gasteiger partial charge in [-0.15, -0.1) is 0 Å². The van der Waals surface area contributed by atoms with Crippen LogP contribution < -0.4 is 0 Å². The summed E-state index contributed by atoms with van der Waals surface area (Å²) >= 11 is 0. The molecular formula is C12H20O4. The van der Waals surface area contributed by atoms with Crippen molar-refractivity contribution in [3.8, 4) is 0 Å². The molecule has 3 unspecified atom stereocenters. The maximum Gasteiger partial charge on any atom is 0.311 e. The normalized spacial score (nSPS) is 33.8. The van der Waals surface area contributed by atoms with Gasteiger partial charge in [0.2, 0.25) is 0 Å². The Kier molecular flexibility index (Phi) is 3.22. The summed E-state index contributed by atoms with van der Waals surface area (Å²) in [5, 5.41) is 0. The SMILES string of the molecule is CCC(C)(C)C(=O)OC1COC2CCOC21. The second-order valence-electron chi connectivity index (χ2n) is 5.18. The Hall–Kier alpha value is -0.610. The van der Waals surface area contributed by atoms with Crippen molar-refractivity contribution in [2.45, 2.75) is 51.9 Å². The van der Waals surface area contributed by atoms with Gasteiger partial charge in [0.25, 0.3) is 0 Å². The molecule has 4 nitrogen and oxygen atoms in total. The van der Waals surface area contributed by atoms with Gasteiger partial charge in [-0.2, -0.15) is 0 Å². The molecule has 0 N–H and O–H groups in total. The first-order valence-electron chi connectivity index (χ1n) is 5.99. The van der Waals surface area contributed by atoms with Gasteiger partial charge < -0.3 is 14.2 Å². The molecular weight excluding hydrogens is 208 g/mol. The number of esters is 1.